The lowest BCUT2D eigenvalue weighted by Gasteiger charge is -2.28. The number of halogens is 3. The first-order chi connectivity index (χ1) is 9.31. The average Bonchev–Trinajstić information content (AvgIpc) is 2.38. The maximum atomic E-state index is 13.1. The predicted molar refractivity (Wildman–Crippen MR) is 70.9 cm³/mol. The van der Waals surface area contributed by atoms with Gasteiger partial charge in [-0.1, -0.05) is 42.5 Å². The highest BCUT2D eigenvalue weighted by Crippen LogP contribution is 2.42. The molecule has 2 nitrogen and oxygen atoms in total. The molecule has 1 rings (SSSR count). The number of hydrogen-bond donors (Lipinski definition) is 0. The van der Waals surface area contributed by atoms with Gasteiger partial charge in [0.2, 0.25) is 0 Å². The zero-order valence-corrected chi connectivity index (χ0v) is 11.4. The summed E-state index contributed by atoms with van der Waals surface area (Å²) in [6.45, 7) is 2.27. The van der Waals surface area contributed by atoms with Gasteiger partial charge in [-0.2, -0.15) is 13.2 Å². The second-order valence-electron chi connectivity index (χ2n) is 4.57. The predicted octanol–water partition coefficient (Wildman–Crippen LogP) is 4.22. The molecule has 110 valence electrons. The van der Waals surface area contributed by atoms with Crippen LogP contribution in [-0.4, -0.2) is 18.8 Å². The highest BCUT2D eigenvalue weighted by atomic mass is 19.4. The van der Waals surface area contributed by atoms with Gasteiger partial charge in [0, 0.05) is 0 Å². The summed E-state index contributed by atoms with van der Waals surface area (Å²) in [4.78, 5) is 11.6. The molecular weight excluding hydrogens is 269 g/mol. The van der Waals surface area contributed by atoms with Crippen molar-refractivity contribution in [2.45, 2.75) is 26.4 Å². The number of hydrogen-bond acceptors (Lipinski definition) is 2. The molecule has 20 heavy (non-hydrogen) atoms. The number of carbonyl (C=O) groups is 1. The molecule has 1 atom stereocenters. The molecule has 0 radical (unpaired) electrons. The Morgan fingerprint density at radius 1 is 1.25 bits per heavy atom. The van der Waals surface area contributed by atoms with E-state index in [1.165, 1.54) is 13.0 Å². The van der Waals surface area contributed by atoms with Crippen molar-refractivity contribution >= 4 is 12.0 Å². The van der Waals surface area contributed by atoms with Crippen molar-refractivity contribution in [2.75, 3.05) is 6.61 Å². The zero-order valence-electron chi connectivity index (χ0n) is 11.4. The van der Waals surface area contributed by atoms with Crippen molar-refractivity contribution in [1.82, 2.24) is 0 Å². The molecule has 0 fully saturated rings. The summed E-state index contributed by atoms with van der Waals surface area (Å²) in [7, 11) is 0. The number of carbonyl (C=O) groups excluding carboxylic acids is 1. The third-order valence-corrected chi connectivity index (χ3v) is 2.99. The summed E-state index contributed by atoms with van der Waals surface area (Å²) in [6, 6.07) is 8.93. The summed E-state index contributed by atoms with van der Waals surface area (Å²) in [5.41, 5.74) is -1.74. The molecular formula is C15H17F3O2. The second kappa shape index (κ2) is 6.59. The fraction of sp³-hybridized carbons (Fsp3) is 0.400. The summed E-state index contributed by atoms with van der Waals surface area (Å²) >= 11 is 0. The van der Waals surface area contributed by atoms with Crippen molar-refractivity contribution < 1.29 is 22.7 Å². The van der Waals surface area contributed by atoms with Crippen LogP contribution >= 0.6 is 0 Å². The Morgan fingerprint density at radius 2 is 1.85 bits per heavy atom. The van der Waals surface area contributed by atoms with Crippen molar-refractivity contribution in [1.29, 1.82) is 0 Å². The van der Waals surface area contributed by atoms with Crippen molar-refractivity contribution in [3.8, 4) is 0 Å². The molecule has 0 aliphatic rings. The topological polar surface area (TPSA) is 26.3 Å². The lowest BCUT2D eigenvalue weighted by Crippen LogP contribution is -2.43. The summed E-state index contributed by atoms with van der Waals surface area (Å²) in [5, 5.41) is 0. The molecule has 0 bridgehead atoms. The van der Waals surface area contributed by atoms with E-state index in [9.17, 15) is 18.0 Å². The smallest absolute Gasteiger partial charge is 0.404 e. The van der Waals surface area contributed by atoms with Crippen LogP contribution in [0.25, 0.3) is 6.08 Å². The minimum absolute atomic E-state index is 0.0765. The Hall–Kier alpha value is -1.78. The Kier molecular flexibility index (Phi) is 5.36. The van der Waals surface area contributed by atoms with Crippen LogP contribution in [0.5, 0.6) is 0 Å². The molecule has 1 aromatic rings. The van der Waals surface area contributed by atoms with Crippen LogP contribution in [-0.2, 0) is 9.53 Å². The molecule has 0 aromatic heterocycles. The monoisotopic (exact) mass is 286 g/mol. The van der Waals surface area contributed by atoms with E-state index >= 15 is 0 Å². The summed E-state index contributed by atoms with van der Waals surface area (Å²) in [6.07, 6.45) is -2.20. The normalized spacial score (nSPS) is 15.1. The third-order valence-electron chi connectivity index (χ3n) is 2.99. The van der Waals surface area contributed by atoms with E-state index in [1.54, 1.807) is 30.3 Å². The van der Waals surface area contributed by atoms with Gasteiger partial charge in [0.1, 0.15) is 0 Å². The molecule has 0 heterocycles. The summed E-state index contributed by atoms with van der Waals surface area (Å²) < 4.78 is 43.8. The Labute approximate surface area is 116 Å². The highest BCUT2D eigenvalue weighted by molar-refractivity contribution is 5.77. The van der Waals surface area contributed by atoms with Gasteiger partial charge in [-0.05, 0) is 25.8 Å². The minimum atomic E-state index is -4.65. The molecule has 0 spiro atoms. The summed E-state index contributed by atoms with van der Waals surface area (Å²) in [5.74, 6) is -1.25. The molecule has 0 aliphatic heterocycles. The number of alkyl halides is 3. The van der Waals surface area contributed by atoms with E-state index in [1.807, 2.05) is 6.07 Å². The average molecular weight is 286 g/mol. The SMILES string of the molecule is CCOC(=O)C(C)(C/C=C/c1ccccc1)C(F)(F)F. The van der Waals surface area contributed by atoms with E-state index in [0.717, 1.165) is 12.5 Å². The first kappa shape index (κ1) is 16.3. The highest BCUT2D eigenvalue weighted by Gasteiger charge is 2.57. The molecule has 5 heteroatoms. The zero-order chi connectivity index (χ0) is 15.2. The molecule has 0 aliphatic carbocycles. The maximum Gasteiger partial charge on any atom is 0.404 e. The fourth-order valence-corrected chi connectivity index (χ4v) is 1.60. The number of rotatable bonds is 5. The molecule has 1 aromatic carbocycles. The first-order valence-electron chi connectivity index (χ1n) is 6.27. The second-order valence-corrected chi connectivity index (χ2v) is 4.57. The van der Waals surface area contributed by atoms with Gasteiger partial charge in [0.05, 0.1) is 6.61 Å². The molecule has 0 amide bonds. The van der Waals surface area contributed by atoms with Gasteiger partial charge in [0.15, 0.2) is 5.41 Å². The van der Waals surface area contributed by atoms with E-state index < -0.39 is 24.0 Å². The van der Waals surface area contributed by atoms with Crippen LogP contribution in [0.15, 0.2) is 36.4 Å². The van der Waals surface area contributed by atoms with Gasteiger partial charge in [0.25, 0.3) is 0 Å². The number of allylic oxidation sites excluding steroid dienone is 1. The van der Waals surface area contributed by atoms with Crippen LogP contribution in [0, 0.1) is 5.41 Å². The quantitative estimate of drug-likeness (QED) is 0.757. The molecule has 0 saturated carbocycles. The van der Waals surface area contributed by atoms with E-state index in [4.69, 9.17) is 0 Å². The Morgan fingerprint density at radius 3 is 2.35 bits per heavy atom. The van der Waals surface area contributed by atoms with Gasteiger partial charge < -0.3 is 4.74 Å². The number of esters is 1. The van der Waals surface area contributed by atoms with Crippen molar-refractivity contribution in [3.05, 3.63) is 42.0 Å². The van der Waals surface area contributed by atoms with Gasteiger partial charge in [-0.15, -0.1) is 0 Å². The minimum Gasteiger partial charge on any atom is -0.465 e. The maximum absolute atomic E-state index is 13.1. The number of ether oxygens (including phenoxy) is 1. The van der Waals surface area contributed by atoms with Crippen LogP contribution < -0.4 is 0 Å². The lowest BCUT2D eigenvalue weighted by atomic mass is 9.85. The van der Waals surface area contributed by atoms with Gasteiger partial charge in [-0.3, -0.25) is 4.79 Å². The largest absolute Gasteiger partial charge is 0.465 e. The standard InChI is InChI=1S/C15H17F3O2/c1-3-20-13(19)14(2,15(16,17)18)11-7-10-12-8-5-4-6-9-12/h4-10H,3,11H2,1-2H3/b10-7+. The fourth-order valence-electron chi connectivity index (χ4n) is 1.60. The van der Waals surface area contributed by atoms with Crippen molar-refractivity contribution in [3.63, 3.8) is 0 Å². The molecule has 1 unspecified atom stereocenters. The van der Waals surface area contributed by atoms with E-state index in [2.05, 4.69) is 4.74 Å². The first-order valence-corrected chi connectivity index (χ1v) is 6.27. The van der Waals surface area contributed by atoms with Crippen LogP contribution in [0.2, 0.25) is 0 Å². The van der Waals surface area contributed by atoms with Crippen LogP contribution in [0.4, 0.5) is 13.2 Å². The van der Waals surface area contributed by atoms with Gasteiger partial charge in [-0.25, -0.2) is 0 Å². The van der Waals surface area contributed by atoms with Crippen LogP contribution in [0.1, 0.15) is 25.8 Å². The Balaban J connectivity index is 2.86. The third kappa shape index (κ3) is 3.85. The van der Waals surface area contributed by atoms with E-state index in [0.29, 0.717) is 0 Å². The van der Waals surface area contributed by atoms with Gasteiger partial charge >= 0.3 is 12.1 Å². The number of benzene rings is 1. The van der Waals surface area contributed by atoms with E-state index in [-0.39, 0.29) is 6.61 Å². The lowest BCUT2D eigenvalue weighted by molar-refractivity contribution is -0.228. The van der Waals surface area contributed by atoms with Crippen molar-refractivity contribution in [2.24, 2.45) is 5.41 Å². The Bertz CT molecular complexity index is 466. The van der Waals surface area contributed by atoms with Crippen LogP contribution in [0.3, 0.4) is 0 Å². The molecule has 0 N–H and O–H groups in total. The molecule has 0 saturated heterocycles.